The van der Waals surface area contributed by atoms with Gasteiger partial charge in [-0.2, -0.15) is 4.31 Å². The van der Waals surface area contributed by atoms with Crippen LogP contribution in [0.1, 0.15) is 31.7 Å². The SMILES string of the molecule is C#CCN([C@@H](CCCCNC(=O)OCc1ccccc1Cl)C(=O)OCC)S(=O)(=O)c1ccccc1[N+](=O)[O-]. The van der Waals surface area contributed by atoms with Crippen molar-refractivity contribution >= 4 is 39.4 Å². The molecule has 0 saturated heterocycles. The smallest absolute Gasteiger partial charge is 0.407 e. The van der Waals surface area contributed by atoms with Crippen LogP contribution in [0.5, 0.6) is 0 Å². The minimum atomic E-state index is -4.55. The van der Waals surface area contributed by atoms with E-state index >= 15 is 0 Å². The third-order valence-corrected chi connectivity index (χ3v) is 7.56. The fourth-order valence-electron chi connectivity index (χ4n) is 3.49. The standard InChI is InChI=1S/C25H28ClN3O8S/c1-3-17-28(38(34,35)23-15-8-7-13-21(23)29(32)33)22(24(30)36-4-2)14-9-10-16-27-25(31)37-18-19-11-5-6-12-20(19)26/h1,5-8,11-13,15,22H,4,9-10,14,16-18H2,2H3,(H,27,31)/t22-/m0/s1. The lowest BCUT2D eigenvalue weighted by atomic mass is 10.1. The lowest BCUT2D eigenvalue weighted by Gasteiger charge is -2.27. The van der Waals surface area contributed by atoms with Crippen LogP contribution in [-0.4, -0.2) is 55.4 Å². The fraction of sp³-hybridized carbons (Fsp3) is 0.360. The monoisotopic (exact) mass is 565 g/mol. The summed E-state index contributed by atoms with van der Waals surface area (Å²) in [7, 11) is -4.55. The number of terminal acetylenes is 1. The van der Waals surface area contributed by atoms with Crippen molar-refractivity contribution in [2.45, 2.75) is 43.7 Å². The van der Waals surface area contributed by atoms with Gasteiger partial charge in [0.2, 0.25) is 0 Å². The number of unbranched alkanes of at least 4 members (excludes halogenated alkanes) is 1. The second-order valence-electron chi connectivity index (χ2n) is 7.84. The highest BCUT2D eigenvalue weighted by Gasteiger charge is 2.39. The molecule has 2 aromatic rings. The minimum Gasteiger partial charge on any atom is -0.465 e. The summed E-state index contributed by atoms with van der Waals surface area (Å²) in [5, 5.41) is 14.5. The maximum atomic E-state index is 13.4. The molecule has 11 nitrogen and oxygen atoms in total. The zero-order chi connectivity index (χ0) is 28.1. The second-order valence-corrected chi connectivity index (χ2v) is 10.1. The number of ether oxygens (including phenoxy) is 2. The number of hydrogen-bond acceptors (Lipinski definition) is 8. The topological polar surface area (TPSA) is 145 Å². The Labute approximate surface area is 226 Å². The Kier molecular flexibility index (Phi) is 12.0. The quantitative estimate of drug-likeness (QED) is 0.119. The van der Waals surface area contributed by atoms with E-state index in [4.69, 9.17) is 27.5 Å². The molecule has 0 aliphatic heterocycles. The fourth-order valence-corrected chi connectivity index (χ4v) is 5.36. The first-order valence-corrected chi connectivity index (χ1v) is 13.4. The van der Waals surface area contributed by atoms with Crippen LogP contribution in [0.4, 0.5) is 10.5 Å². The van der Waals surface area contributed by atoms with Crippen LogP contribution in [0.15, 0.2) is 53.4 Å². The van der Waals surface area contributed by atoms with Crippen molar-refractivity contribution in [2.24, 2.45) is 0 Å². The zero-order valence-corrected chi connectivity index (χ0v) is 22.2. The number of esters is 1. The zero-order valence-electron chi connectivity index (χ0n) is 20.7. The molecule has 204 valence electrons. The van der Waals surface area contributed by atoms with E-state index < -0.39 is 50.2 Å². The van der Waals surface area contributed by atoms with E-state index in [0.717, 1.165) is 16.4 Å². The van der Waals surface area contributed by atoms with E-state index in [2.05, 4.69) is 11.2 Å². The van der Waals surface area contributed by atoms with Crippen molar-refractivity contribution in [1.29, 1.82) is 0 Å². The average Bonchev–Trinajstić information content (AvgIpc) is 2.89. The molecule has 38 heavy (non-hydrogen) atoms. The Morgan fingerprint density at radius 3 is 2.50 bits per heavy atom. The Morgan fingerprint density at radius 1 is 1.16 bits per heavy atom. The summed E-state index contributed by atoms with van der Waals surface area (Å²) in [5.41, 5.74) is 0.00620. The number of nitrogens with zero attached hydrogens (tertiary/aromatic N) is 2. The lowest BCUT2D eigenvalue weighted by molar-refractivity contribution is -0.387. The first kappa shape index (κ1) is 30.6. The number of alkyl carbamates (subject to hydrolysis) is 1. The summed E-state index contributed by atoms with van der Waals surface area (Å²) in [6.45, 7) is 1.22. The number of sulfonamides is 1. The van der Waals surface area contributed by atoms with Crippen LogP contribution in [0.25, 0.3) is 0 Å². The number of carbonyl (C=O) groups excluding carboxylic acids is 2. The van der Waals surface area contributed by atoms with E-state index in [1.165, 1.54) is 12.1 Å². The summed E-state index contributed by atoms with van der Waals surface area (Å²) in [6.07, 6.45) is 5.38. The van der Waals surface area contributed by atoms with E-state index in [0.29, 0.717) is 23.4 Å². The molecule has 0 spiro atoms. The van der Waals surface area contributed by atoms with Crippen molar-refractivity contribution < 1.29 is 32.4 Å². The number of nitro groups is 1. The molecule has 0 unspecified atom stereocenters. The Hall–Kier alpha value is -3.66. The highest BCUT2D eigenvalue weighted by molar-refractivity contribution is 7.89. The summed E-state index contributed by atoms with van der Waals surface area (Å²) < 4.78 is 37.8. The highest BCUT2D eigenvalue weighted by atomic mass is 35.5. The Morgan fingerprint density at radius 2 is 1.84 bits per heavy atom. The summed E-state index contributed by atoms with van der Waals surface area (Å²) in [4.78, 5) is 34.7. The molecule has 0 fully saturated rings. The molecule has 0 aliphatic carbocycles. The van der Waals surface area contributed by atoms with Gasteiger partial charge in [0.05, 0.1) is 18.1 Å². The van der Waals surface area contributed by atoms with Gasteiger partial charge in [-0.05, 0) is 38.3 Å². The van der Waals surface area contributed by atoms with Gasteiger partial charge in [-0.1, -0.05) is 47.9 Å². The maximum absolute atomic E-state index is 13.4. The van der Waals surface area contributed by atoms with Gasteiger partial charge in [0.25, 0.3) is 15.7 Å². The van der Waals surface area contributed by atoms with Crippen LogP contribution in [0.3, 0.4) is 0 Å². The van der Waals surface area contributed by atoms with Gasteiger partial charge < -0.3 is 14.8 Å². The van der Waals surface area contributed by atoms with Gasteiger partial charge in [0.15, 0.2) is 4.90 Å². The molecule has 0 radical (unpaired) electrons. The molecule has 0 aromatic heterocycles. The lowest BCUT2D eigenvalue weighted by Crippen LogP contribution is -2.46. The van der Waals surface area contributed by atoms with E-state index in [9.17, 15) is 28.1 Å². The van der Waals surface area contributed by atoms with Gasteiger partial charge in [-0.3, -0.25) is 14.9 Å². The Bertz CT molecular complexity index is 1280. The molecular formula is C25H28ClN3O8S. The number of hydrogen-bond donors (Lipinski definition) is 1. The number of para-hydroxylation sites is 1. The van der Waals surface area contributed by atoms with Crippen molar-refractivity contribution in [3.8, 4) is 12.3 Å². The molecule has 0 aliphatic rings. The Balaban J connectivity index is 2.07. The number of nitrogens with one attached hydrogen (secondary N) is 1. The molecule has 0 heterocycles. The predicted molar refractivity (Wildman–Crippen MR) is 140 cm³/mol. The molecule has 1 N–H and O–H groups in total. The molecule has 0 saturated carbocycles. The van der Waals surface area contributed by atoms with Crippen molar-refractivity contribution in [3.63, 3.8) is 0 Å². The molecule has 1 atom stereocenters. The van der Waals surface area contributed by atoms with Crippen LogP contribution in [-0.2, 0) is 30.9 Å². The molecule has 0 bridgehead atoms. The van der Waals surface area contributed by atoms with Crippen molar-refractivity contribution in [2.75, 3.05) is 19.7 Å². The maximum Gasteiger partial charge on any atom is 0.407 e. The van der Waals surface area contributed by atoms with E-state index in [-0.39, 0.29) is 26.2 Å². The van der Waals surface area contributed by atoms with Gasteiger partial charge in [0, 0.05) is 23.2 Å². The summed E-state index contributed by atoms with van der Waals surface area (Å²) in [5.74, 6) is 1.37. The molecular weight excluding hydrogens is 538 g/mol. The first-order valence-electron chi connectivity index (χ1n) is 11.6. The normalized spacial score (nSPS) is 11.8. The summed E-state index contributed by atoms with van der Waals surface area (Å²) in [6, 6.07) is 10.4. The van der Waals surface area contributed by atoms with Crippen molar-refractivity contribution in [1.82, 2.24) is 9.62 Å². The summed E-state index contributed by atoms with van der Waals surface area (Å²) >= 11 is 6.03. The van der Waals surface area contributed by atoms with Crippen LogP contribution >= 0.6 is 11.6 Å². The molecule has 13 heteroatoms. The van der Waals surface area contributed by atoms with Crippen molar-refractivity contribution in [3.05, 3.63) is 69.2 Å². The molecule has 1 amide bonds. The third kappa shape index (κ3) is 8.44. The second kappa shape index (κ2) is 14.9. The first-order chi connectivity index (χ1) is 18.1. The molecule has 2 rings (SSSR count). The van der Waals surface area contributed by atoms with Crippen LogP contribution in [0, 0.1) is 22.5 Å². The highest BCUT2D eigenvalue weighted by Crippen LogP contribution is 2.29. The number of nitro benzene ring substituents is 1. The van der Waals surface area contributed by atoms with E-state index in [1.54, 1.807) is 31.2 Å². The van der Waals surface area contributed by atoms with E-state index in [1.807, 2.05) is 0 Å². The minimum absolute atomic E-state index is 0.00325. The molecule has 2 aromatic carbocycles. The van der Waals surface area contributed by atoms with Gasteiger partial charge >= 0.3 is 12.1 Å². The van der Waals surface area contributed by atoms with Gasteiger partial charge in [0.1, 0.15) is 12.6 Å². The number of rotatable bonds is 14. The van der Waals surface area contributed by atoms with Crippen LogP contribution in [0.2, 0.25) is 5.02 Å². The number of amides is 1. The third-order valence-electron chi connectivity index (χ3n) is 5.29. The van der Waals surface area contributed by atoms with Crippen LogP contribution < -0.4 is 5.32 Å². The predicted octanol–water partition coefficient (Wildman–Crippen LogP) is 3.90. The number of halogens is 1. The van der Waals surface area contributed by atoms with Gasteiger partial charge in [-0.25, -0.2) is 13.2 Å². The number of carbonyl (C=O) groups is 2. The average molecular weight is 566 g/mol. The largest absolute Gasteiger partial charge is 0.465 e. The number of benzene rings is 2. The van der Waals surface area contributed by atoms with Gasteiger partial charge in [-0.15, -0.1) is 6.42 Å².